The molecule has 0 radical (unpaired) electrons. The van der Waals surface area contributed by atoms with Crippen LogP contribution in [0.1, 0.15) is 25.8 Å². The van der Waals surface area contributed by atoms with Crippen molar-refractivity contribution in [2.75, 3.05) is 43.1 Å². The van der Waals surface area contributed by atoms with Crippen LogP contribution >= 0.6 is 12.2 Å². The van der Waals surface area contributed by atoms with E-state index in [1.54, 1.807) is 30.3 Å². The molecule has 1 aliphatic rings. The Morgan fingerprint density at radius 2 is 1.83 bits per heavy atom. The highest BCUT2D eigenvalue weighted by atomic mass is 32.1. The maximum absolute atomic E-state index is 14.8. The lowest BCUT2D eigenvalue weighted by Crippen LogP contribution is -2.38. The summed E-state index contributed by atoms with van der Waals surface area (Å²) in [5, 5.41) is 7.99. The molecule has 3 aromatic rings. The van der Waals surface area contributed by atoms with E-state index in [1.165, 1.54) is 18.2 Å². The van der Waals surface area contributed by atoms with Gasteiger partial charge < -0.3 is 24.4 Å². The highest BCUT2D eigenvalue weighted by molar-refractivity contribution is 7.80. The number of rotatable bonds is 8. The molecular weight excluding hydrogens is 470 g/mol. The van der Waals surface area contributed by atoms with E-state index >= 15 is 0 Å². The van der Waals surface area contributed by atoms with Gasteiger partial charge in [-0.15, -0.1) is 0 Å². The summed E-state index contributed by atoms with van der Waals surface area (Å²) in [5.74, 6) is 0.382. The molecule has 1 saturated heterocycles. The van der Waals surface area contributed by atoms with Crippen molar-refractivity contribution < 1.29 is 18.0 Å². The van der Waals surface area contributed by atoms with E-state index in [4.69, 9.17) is 21.5 Å². The molecule has 0 saturated carbocycles. The SMILES string of the molecule is CC(C)CCN(Cc1c(-c2ccccc2F)noc1N1CCOCC1)C(=S)Nc1ccc(F)cc1. The number of aromatic nitrogens is 1. The molecule has 2 heterocycles. The van der Waals surface area contributed by atoms with Gasteiger partial charge in [-0.25, -0.2) is 8.78 Å². The zero-order chi connectivity index (χ0) is 24.8. The first kappa shape index (κ1) is 25.1. The van der Waals surface area contributed by atoms with Crippen LogP contribution in [0.15, 0.2) is 53.1 Å². The number of anilines is 2. The van der Waals surface area contributed by atoms with Crippen LogP contribution in [0.25, 0.3) is 11.3 Å². The Morgan fingerprint density at radius 1 is 1.11 bits per heavy atom. The second-order valence-electron chi connectivity index (χ2n) is 8.94. The van der Waals surface area contributed by atoms with Crippen molar-refractivity contribution in [2.24, 2.45) is 5.92 Å². The number of halogens is 2. The summed E-state index contributed by atoms with van der Waals surface area (Å²) in [6.07, 6.45) is 0.901. The number of nitrogens with one attached hydrogen (secondary N) is 1. The Balaban J connectivity index is 1.68. The quantitative estimate of drug-likeness (QED) is 0.398. The first-order valence-corrected chi connectivity index (χ1v) is 12.2. The number of benzene rings is 2. The molecule has 9 heteroatoms. The number of thiocarbonyl (C=S) groups is 1. The minimum Gasteiger partial charge on any atom is -0.378 e. The van der Waals surface area contributed by atoms with Crippen molar-refractivity contribution in [3.63, 3.8) is 0 Å². The number of morpholine rings is 1. The van der Waals surface area contributed by atoms with Gasteiger partial charge in [0.2, 0.25) is 5.88 Å². The van der Waals surface area contributed by atoms with Crippen molar-refractivity contribution >= 4 is 28.9 Å². The van der Waals surface area contributed by atoms with Crippen LogP contribution in [0.4, 0.5) is 20.4 Å². The van der Waals surface area contributed by atoms with Crippen molar-refractivity contribution in [1.82, 2.24) is 10.1 Å². The molecular formula is C26H30F2N4O2S. The summed E-state index contributed by atoms with van der Waals surface area (Å²) in [6, 6.07) is 12.6. The van der Waals surface area contributed by atoms with Crippen LogP contribution in [0.3, 0.4) is 0 Å². The highest BCUT2D eigenvalue weighted by Gasteiger charge is 2.27. The molecule has 1 fully saturated rings. The van der Waals surface area contributed by atoms with E-state index in [2.05, 4.69) is 29.2 Å². The molecule has 0 unspecified atom stereocenters. The van der Waals surface area contributed by atoms with Crippen LogP contribution in [0.5, 0.6) is 0 Å². The third-order valence-corrected chi connectivity index (χ3v) is 6.26. The van der Waals surface area contributed by atoms with E-state index in [0.29, 0.717) is 73.3 Å². The third-order valence-electron chi connectivity index (χ3n) is 5.90. The molecule has 186 valence electrons. The number of nitrogens with zero attached hydrogens (tertiary/aromatic N) is 3. The van der Waals surface area contributed by atoms with Crippen LogP contribution in [-0.2, 0) is 11.3 Å². The van der Waals surface area contributed by atoms with E-state index in [9.17, 15) is 8.78 Å². The Labute approximate surface area is 209 Å². The predicted octanol–water partition coefficient (Wildman–Crippen LogP) is 5.70. The topological polar surface area (TPSA) is 53.8 Å². The van der Waals surface area contributed by atoms with Crippen LogP contribution in [0, 0.1) is 17.6 Å². The first-order valence-electron chi connectivity index (χ1n) is 11.8. The Hall–Kier alpha value is -3.04. The molecule has 0 spiro atoms. The molecule has 0 amide bonds. The summed E-state index contributed by atoms with van der Waals surface area (Å²) in [4.78, 5) is 4.10. The summed E-state index contributed by atoms with van der Waals surface area (Å²) in [6.45, 7) is 7.82. The van der Waals surface area contributed by atoms with E-state index < -0.39 is 0 Å². The Morgan fingerprint density at radius 3 is 2.51 bits per heavy atom. The average Bonchev–Trinajstić information content (AvgIpc) is 3.27. The molecule has 1 N–H and O–H groups in total. The fourth-order valence-electron chi connectivity index (χ4n) is 3.92. The van der Waals surface area contributed by atoms with Crippen LogP contribution < -0.4 is 10.2 Å². The second kappa shape index (κ2) is 11.6. The smallest absolute Gasteiger partial charge is 0.233 e. The predicted molar refractivity (Wildman–Crippen MR) is 137 cm³/mol. The van der Waals surface area contributed by atoms with Gasteiger partial charge in [0.15, 0.2) is 5.11 Å². The molecule has 2 aromatic carbocycles. The molecule has 35 heavy (non-hydrogen) atoms. The normalized spacial score (nSPS) is 13.8. The van der Waals surface area contributed by atoms with E-state index in [0.717, 1.165) is 12.0 Å². The van der Waals surface area contributed by atoms with E-state index in [-0.39, 0.29) is 11.6 Å². The Bertz CT molecular complexity index is 1130. The monoisotopic (exact) mass is 500 g/mol. The Kier molecular flexibility index (Phi) is 8.30. The average molecular weight is 501 g/mol. The standard InChI is InChI=1S/C26H30F2N4O2S/c1-18(2)11-12-32(26(35)29-20-9-7-19(27)8-10-20)17-22-24(21-5-3-4-6-23(21)28)30-34-25(22)31-13-15-33-16-14-31/h3-10,18H,11-17H2,1-2H3,(H,29,35). The summed E-state index contributed by atoms with van der Waals surface area (Å²) in [5.41, 5.74) is 2.30. The fraction of sp³-hybridized carbons (Fsp3) is 0.385. The van der Waals surface area contributed by atoms with Crippen molar-refractivity contribution in [2.45, 2.75) is 26.8 Å². The molecule has 0 aliphatic carbocycles. The molecule has 1 aliphatic heterocycles. The zero-order valence-electron chi connectivity index (χ0n) is 20.0. The van der Waals surface area contributed by atoms with Gasteiger partial charge in [-0.2, -0.15) is 0 Å². The molecule has 0 bridgehead atoms. The van der Waals surface area contributed by atoms with Gasteiger partial charge in [-0.1, -0.05) is 31.1 Å². The minimum absolute atomic E-state index is 0.313. The van der Waals surface area contributed by atoms with Crippen LogP contribution in [-0.4, -0.2) is 48.0 Å². The fourth-order valence-corrected chi connectivity index (χ4v) is 4.19. The van der Waals surface area contributed by atoms with Gasteiger partial charge >= 0.3 is 0 Å². The lowest BCUT2D eigenvalue weighted by atomic mass is 10.1. The minimum atomic E-state index is -0.365. The van der Waals surface area contributed by atoms with Gasteiger partial charge in [0.1, 0.15) is 17.3 Å². The maximum atomic E-state index is 14.8. The first-order chi connectivity index (χ1) is 16.9. The second-order valence-corrected chi connectivity index (χ2v) is 9.32. The molecule has 1 aromatic heterocycles. The van der Waals surface area contributed by atoms with Crippen LogP contribution in [0.2, 0.25) is 0 Å². The zero-order valence-corrected chi connectivity index (χ0v) is 20.8. The highest BCUT2D eigenvalue weighted by Crippen LogP contribution is 2.34. The van der Waals surface area contributed by atoms with Crippen molar-refractivity contribution in [3.05, 3.63) is 65.7 Å². The van der Waals surface area contributed by atoms with Gasteiger partial charge in [0.25, 0.3) is 0 Å². The molecule has 6 nitrogen and oxygen atoms in total. The summed E-state index contributed by atoms with van der Waals surface area (Å²) < 4.78 is 39.5. The summed E-state index contributed by atoms with van der Waals surface area (Å²) >= 11 is 5.76. The summed E-state index contributed by atoms with van der Waals surface area (Å²) in [7, 11) is 0. The van der Waals surface area contributed by atoms with Crippen molar-refractivity contribution in [3.8, 4) is 11.3 Å². The van der Waals surface area contributed by atoms with Crippen molar-refractivity contribution in [1.29, 1.82) is 0 Å². The lowest BCUT2D eigenvalue weighted by molar-refractivity contribution is 0.120. The number of ether oxygens (including phenoxy) is 1. The van der Waals surface area contributed by atoms with Gasteiger partial charge in [0.05, 0.1) is 25.3 Å². The largest absolute Gasteiger partial charge is 0.378 e. The van der Waals surface area contributed by atoms with E-state index in [1.807, 2.05) is 4.90 Å². The lowest BCUT2D eigenvalue weighted by Gasteiger charge is -2.30. The molecule has 4 rings (SSSR count). The maximum Gasteiger partial charge on any atom is 0.233 e. The number of hydrogen-bond donors (Lipinski definition) is 1. The van der Waals surface area contributed by atoms with Gasteiger partial charge in [-0.3, -0.25) is 0 Å². The van der Waals surface area contributed by atoms with Gasteiger partial charge in [0, 0.05) is 30.9 Å². The van der Waals surface area contributed by atoms with Gasteiger partial charge in [-0.05, 0) is 61.0 Å². The third kappa shape index (κ3) is 6.35. The molecule has 0 atom stereocenters. The number of hydrogen-bond acceptors (Lipinski definition) is 5.